The maximum Gasteiger partial charge on any atom is 0.160 e. The van der Waals surface area contributed by atoms with Gasteiger partial charge >= 0.3 is 0 Å². The molecule has 2 heterocycles. The third kappa shape index (κ3) is 3.47. The fourth-order valence-corrected chi connectivity index (χ4v) is 2.86. The van der Waals surface area contributed by atoms with Gasteiger partial charge in [0, 0.05) is 43.3 Å². The molecule has 1 aliphatic heterocycles. The number of nitrogens with zero attached hydrogens (tertiary/aromatic N) is 2. The topological polar surface area (TPSA) is 28.2 Å². The van der Waals surface area contributed by atoms with Crippen molar-refractivity contribution in [3.8, 4) is 0 Å². The van der Waals surface area contributed by atoms with Crippen molar-refractivity contribution in [2.24, 2.45) is 5.92 Å². The van der Waals surface area contributed by atoms with Crippen LogP contribution >= 0.6 is 11.6 Å². The lowest BCUT2D eigenvalue weighted by Gasteiger charge is -2.19. The second-order valence-corrected chi connectivity index (χ2v) is 5.83. The van der Waals surface area contributed by atoms with E-state index in [4.69, 9.17) is 11.6 Å². The van der Waals surface area contributed by atoms with Crippen molar-refractivity contribution in [3.05, 3.63) is 53.3 Å². The van der Waals surface area contributed by atoms with Crippen LogP contribution in [0.1, 0.15) is 6.42 Å². The Hall–Kier alpha value is -1.88. The molecule has 1 aromatic heterocycles. The van der Waals surface area contributed by atoms with Gasteiger partial charge in [-0.1, -0.05) is 11.6 Å². The van der Waals surface area contributed by atoms with Crippen molar-refractivity contribution in [2.75, 3.05) is 29.9 Å². The molecule has 1 atom stereocenters. The summed E-state index contributed by atoms with van der Waals surface area (Å²) in [4.78, 5) is 6.02. The number of anilines is 2. The van der Waals surface area contributed by atoms with Crippen LogP contribution in [0.5, 0.6) is 0 Å². The van der Waals surface area contributed by atoms with E-state index in [-0.39, 0.29) is 0 Å². The first-order chi connectivity index (χ1) is 10.6. The van der Waals surface area contributed by atoms with Crippen LogP contribution in [-0.2, 0) is 0 Å². The van der Waals surface area contributed by atoms with Crippen molar-refractivity contribution < 1.29 is 8.78 Å². The molecule has 1 N–H and O–H groups in total. The van der Waals surface area contributed by atoms with Gasteiger partial charge in [-0.3, -0.25) is 0 Å². The van der Waals surface area contributed by atoms with Gasteiger partial charge in [0.2, 0.25) is 0 Å². The van der Waals surface area contributed by atoms with Gasteiger partial charge < -0.3 is 10.2 Å². The van der Waals surface area contributed by atoms with E-state index in [9.17, 15) is 8.78 Å². The molecule has 116 valence electrons. The quantitative estimate of drug-likeness (QED) is 0.863. The van der Waals surface area contributed by atoms with Crippen LogP contribution in [0.25, 0.3) is 0 Å². The molecule has 3 rings (SSSR count). The molecule has 0 aliphatic carbocycles. The normalized spacial score (nSPS) is 17.8. The van der Waals surface area contributed by atoms with Crippen LogP contribution in [-0.4, -0.2) is 24.6 Å². The molecule has 0 saturated carbocycles. The fourth-order valence-electron chi connectivity index (χ4n) is 2.69. The predicted molar refractivity (Wildman–Crippen MR) is 84.4 cm³/mol. The fraction of sp³-hybridized carbons (Fsp3) is 0.312. The highest BCUT2D eigenvalue weighted by Crippen LogP contribution is 2.25. The zero-order valence-corrected chi connectivity index (χ0v) is 12.7. The van der Waals surface area contributed by atoms with Crippen LogP contribution < -0.4 is 10.2 Å². The van der Waals surface area contributed by atoms with E-state index < -0.39 is 11.6 Å². The standard InChI is InChI=1S/C16H16ClF2N3/c17-16-7-12(3-5-20-16)21-9-11-4-6-22(10-11)13-1-2-14(18)15(19)8-13/h1-3,5,7-8,11H,4,6,9-10H2,(H,20,21). The van der Waals surface area contributed by atoms with Crippen molar-refractivity contribution in [2.45, 2.75) is 6.42 Å². The van der Waals surface area contributed by atoms with E-state index in [1.54, 1.807) is 18.3 Å². The molecule has 1 aromatic carbocycles. The lowest BCUT2D eigenvalue weighted by atomic mass is 10.1. The third-order valence-electron chi connectivity index (χ3n) is 3.88. The molecule has 0 radical (unpaired) electrons. The highest BCUT2D eigenvalue weighted by molar-refractivity contribution is 6.29. The Labute approximate surface area is 132 Å². The van der Waals surface area contributed by atoms with Crippen molar-refractivity contribution in [1.82, 2.24) is 4.98 Å². The van der Waals surface area contributed by atoms with Crippen LogP contribution in [0.15, 0.2) is 36.5 Å². The summed E-state index contributed by atoms with van der Waals surface area (Å²) in [5, 5.41) is 3.79. The van der Waals surface area contributed by atoms with Gasteiger partial charge in [0.15, 0.2) is 11.6 Å². The SMILES string of the molecule is Fc1ccc(N2CCC(CNc3ccnc(Cl)c3)C2)cc1F. The molecule has 1 fully saturated rings. The Morgan fingerprint density at radius 2 is 2.09 bits per heavy atom. The van der Waals surface area contributed by atoms with E-state index in [1.165, 1.54) is 12.1 Å². The number of hydrogen-bond acceptors (Lipinski definition) is 3. The molecule has 1 aliphatic rings. The molecule has 0 bridgehead atoms. The largest absolute Gasteiger partial charge is 0.385 e. The molecule has 6 heteroatoms. The minimum atomic E-state index is -0.810. The highest BCUT2D eigenvalue weighted by Gasteiger charge is 2.23. The number of benzene rings is 1. The summed E-state index contributed by atoms with van der Waals surface area (Å²) in [6.07, 6.45) is 2.66. The zero-order valence-electron chi connectivity index (χ0n) is 11.9. The lowest BCUT2D eigenvalue weighted by molar-refractivity contribution is 0.508. The summed E-state index contributed by atoms with van der Waals surface area (Å²) in [5.41, 5.74) is 1.67. The Morgan fingerprint density at radius 1 is 1.23 bits per heavy atom. The van der Waals surface area contributed by atoms with Gasteiger partial charge in [0.05, 0.1) is 0 Å². The molecule has 2 aromatic rings. The van der Waals surface area contributed by atoms with Crippen LogP contribution in [0.2, 0.25) is 5.15 Å². The average molecular weight is 324 g/mol. The van der Waals surface area contributed by atoms with Gasteiger partial charge in [-0.05, 0) is 36.6 Å². The number of aromatic nitrogens is 1. The summed E-state index contributed by atoms with van der Waals surface area (Å²) >= 11 is 5.85. The summed E-state index contributed by atoms with van der Waals surface area (Å²) < 4.78 is 26.3. The second kappa shape index (κ2) is 6.48. The maximum absolute atomic E-state index is 13.3. The van der Waals surface area contributed by atoms with Crippen LogP contribution in [0.4, 0.5) is 20.2 Å². The van der Waals surface area contributed by atoms with Crippen molar-refractivity contribution >= 4 is 23.0 Å². The highest BCUT2D eigenvalue weighted by atomic mass is 35.5. The summed E-state index contributed by atoms with van der Waals surface area (Å²) in [7, 11) is 0. The first-order valence-electron chi connectivity index (χ1n) is 7.17. The van der Waals surface area contributed by atoms with E-state index in [1.807, 2.05) is 6.07 Å². The summed E-state index contributed by atoms with van der Waals surface area (Å²) in [6.45, 7) is 2.46. The number of pyridine rings is 1. The summed E-state index contributed by atoms with van der Waals surface area (Å²) in [6, 6.07) is 7.71. The first-order valence-corrected chi connectivity index (χ1v) is 7.55. The molecule has 3 nitrogen and oxygen atoms in total. The van der Waals surface area contributed by atoms with Crippen molar-refractivity contribution in [3.63, 3.8) is 0 Å². The number of halogens is 3. The van der Waals surface area contributed by atoms with Gasteiger partial charge in [-0.15, -0.1) is 0 Å². The van der Waals surface area contributed by atoms with E-state index >= 15 is 0 Å². The van der Waals surface area contributed by atoms with Crippen molar-refractivity contribution in [1.29, 1.82) is 0 Å². The molecule has 22 heavy (non-hydrogen) atoms. The molecule has 1 saturated heterocycles. The van der Waals surface area contributed by atoms with Gasteiger partial charge in [0.1, 0.15) is 5.15 Å². The van der Waals surface area contributed by atoms with E-state index in [0.29, 0.717) is 11.1 Å². The summed E-state index contributed by atoms with van der Waals surface area (Å²) in [5.74, 6) is -1.17. The van der Waals surface area contributed by atoms with E-state index in [0.717, 1.165) is 37.4 Å². The minimum absolute atomic E-state index is 0.444. The molecular weight excluding hydrogens is 308 g/mol. The second-order valence-electron chi connectivity index (χ2n) is 5.45. The number of hydrogen-bond donors (Lipinski definition) is 1. The zero-order chi connectivity index (χ0) is 15.5. The Bertz CT molecular complexity index is 666. The minimum Gasteiger partial charge on any atom is -0.385 e. The maximum atomic E-state index is 13.3. The van der Waals surface area contributed by atoms with Gasteiger partial charge in [-0.25, -0.2) is 13.8 Å². The predicted octanol–water partition coefficient (Wildman–Crippen LogP) is 3.95. The Morgan fingerprint density at radius 3 is 2.86 bits per heavy atom. The van der Waals surface area contributed by atoms with Gasteiger partial charge in [-0.2, -0.15) is 0 Å². The van der Waals surface area contributed by atoms with Gasteiger partial charge in [0.25, 0.3) is 0 Å². The molecule has 1 unspecified atom stereocenters. The van der Waals surface area contributed by atoms with Crippen LogP contribution in [0.3, 0.4) is 0 Å². The first kappa shape index (κ1) is 15.0. The number of nitrogens with one attached hydrogen (secondary N) is 1. The van der Waals surface area contributed by atoms with E-state index in [2.05, 4.69) is 15.2 Å². The smallest absolute Gasteiger partial charge is 0.160 e. The third-order valence-corrected chi connectivity index (χ3v) is 4.08. The Kier molecular flexibility index (Phi) is 4.43. The molecular formula is C16H16ClF2N3. The molecule has 0 amide bonds. The monoisotopic (exact) mass is 323 g/mol. The Balaban J connectivity index is 1.57. The van der Waals surface area contributed by atoms with Crippen LogP contribution in [0, 0.1) is 17.6 Å². The lowest BCUT2D eigenvalue weighted by Crippen LogP contribution is -2.22. The average Bonchev–Trinajstić information content (AvgIpc) is 2.97. The number of rotatable bonds is 4. The molecule has 0 spiro atoms.